The molecule has 12 heteroatoms. The van der Waals surface area contributed by atoms with Crippen molar-refractivity contribution in [2.45, 2.75) is 37.2 Å². The van der Waals surface area contributed by atoms with Crippen LogP contribution in [0.2, 0.25) is 0 Å². The van der Waals surface area contributed by atoms with Crippen molar-refractivity contribution in [3.63, 3.8) is 0 Å². The number of nitrogens with one attached hydrogen (secondary N) is 2. The summed E-state index contributed by atoms with van der Waals surface area (Å²) in [4.78, 5) is 11.3. The minimum atomic E-state index is -0.715. The number of hydrogen-bond acceptors (Lipinski definition) is 8. The average Bonchev–Trinajstić information content (AvgIpc) is 3.49. The Morgan fingerprint density at radius 3 is 2.53 bits per heavy atom. The zero-order valence-electron chi connectivity index (χ0n) is 20.3. The number of H-pyrrole nitrogens is 1. The number of aliphatic hydroxyl groups excluding tert-OH is 1. The highest BCUT2D eigenvalue weighted by atomic mass is 32.2. The Labute approximate surface area is 211 Å². The van der Waals surface area contributed by atoms with E-state index in [0.717, 1.165) is 24.1 Å². The second kappa shape index (κ2) is 9.51. The molecule has 0 atom stereocenters. The monoisotopic (exact) mass is 512 g/mol. The maximum atomic E-state index is 15.0. The second-order valence-electron chi connectivity index (χ2n) is 8.79. The number of anilines is 4. The molecule has 0 saturated heterocycles. The Hall–Kier alpha value is -3.51. The molecule has 0 aliphatic heterocycles. The van der Waals surface area contributed by atoms with Gasteiger partial charge in [0.1, 0.15) is 11.5 Å². The molecule has 3 N–H and O–H groups in total. The molecular weight excluding hydrogens is 486 g/mol. The largest absolute Gasteiger partial charge is 0.390 e. The summed E-state index contributed by atoms with van der Waals surface area (Å²) in [6.07, 6.45) is 5.44. The van der Waals surface area contributed by atoms with Crippen LogP contribution in [0.4, 0.5) is 32.1 Å². The zero-order chi connectivity index (χ0) is 25.6. The molecule has 0 unspecified atom stereocenters. The molecule has 9 nitrogen and oxygen atoms in total. The summed E-state index contributed by atoms with van der Waals surface area (Å²) in [5.74, 6) is -0.0936. The number of aromatic amines is 1. The lowest BCUT2D eigenvalue weighted by atomic mass is 10.0. The molecule has 0 amide bonds. The van der Waals surface area contributed by atoms with E-state index in [1.54, 1.807) is 24.2 Å². The van der Waals surface area contributed by atoms with Gasteiger partial charge in [0, 0.05) is 48.1 Å². The Morgan fingerprint density at radius 2 is 1.94 bits per heavy atom. The van der Waals surface area contributed by atoms with Gasteiger partial charge in [0.15, 0.2) is 17.5 Å². The number of hydrogen-bond donors (Lipinski definition) is 3. The highest BCUT2D eigenvalue weighted by Crippen LogP contribution is 2.48. The molecule has 1 aliphatic carbocycles. The SMILES string of the molecule is CSc1cc(F)c(N(C)c2nc(Nc3cc(C)[nH]n3)c(C3CC3)c(-c3cn(C)nc3CO)n2)c(F)c1. The molecule has 0 bridgehead atoms. The van der Waals surface area contributed by atoms with Gasteiger partial charge in [-0.05, 0) is 44.1 Å². The minimum Gasteiger partial charge on any atom is -0.390 e. The van der Waals surface area contributed by atoms with Gasteiger partial charge in [0.05, 0.1) is 18.0 Å². The van der Waals surface area contributed by atoms with Gasteiger partial charge in [-0.15, -0.1) is 11.8 Å². The van der Waals surface area contributed by atoms with Crippen LogP contribution in [-0.4, -0.2) is 48.4 Å². The van der Waals surface area contributed by atoms with Crippen molar-refractivity contribution in [3.05, 3.63) is 53.0 Å². The van der Waals surface area contributed by atoms with Crippen LogP contribution in [0.3, 0.4) is 0 Å². The van der Waals surface area contributed by atoms with E-state index in [9.17, 15) is 5.11 Å². The van der Waals surface area contributed by atoms with E-state index in [1.807, 2.05) is 13.0 Å². The normalized spacial score (nSPS) is 13.3. The Morgan fingerprint density at radius 1 is 1.22 bits per heavy atom. The third kappa shape index (κ3) is 4.53. The molecule has 188 valence electrons. The molecule has 3 aromatic heterocycles. The summed E-state index contributed by atoms with van der Waals surface area (Å²) < 4.78 is 31.6. The van der Waals surface area contributed by atoms with Gasteiger partial charge >= 0.3 is 0 Å². The van der Waals surface area contributed by atoms with Crippen LogP contribution in [0.1, 0.15) is 35.7 Å². The number of rotatable bonds is 8. The van der Waals surface area contributed by atoms with Gasteiger partial charge in [0.25, 0.3) is 0 Å². The molecule has 1 saturated carbocycles. The van der Waals surface area contributed by atoms with E-state index in [-0.39, 0.29) is 24.2 Å². The smallest absolute Gasteiger partial charge is 0.232 e. The Bertz CT molecular complexity index is 1410. The van der Waals surface area contributed by atoms with Crippen molar-refractivity contribution in [2.75, 3.05) is 23.5 Å². The predicted molar refractivity (Wildman–Crippen MR) is 135 cm³/mol. The molecule has 4 aromatic rings. The molecule has 1 aliphatic rings. The fraction of sp³-hybridized carbons (Fsp3) is 0.333. The van der Waals surface area contributed by atoms with Crippen LogP contribution in [0.5, 0.6) is 0 Å². The van der Waals surface area contributed by atoms with E-state index >= 15 is 8.78 Å². The molecule has 1 aromatic carbocycles. The van der Waals surface area contributed by atoms with Crippen LogP contribution in [0.15, 0.2) is 29.3 Å². The van der Waals surface area contributed by atoms with Crippen LogP contribution >= 0.6 is 11.8 Å². The van der Waals surface area contributed by atoms with E-state index in [2.05, 4.69) is 20.6 Å². The highest BCUT2D eigenvalue weighted by Gasteiger charge is 2.34. The summed E-state index contributed by atoms with van der Waals surface area (Å²) in [7, 11) is 3.28. The topological polar surface area (TPSA) is 108 Å². The third-order valence-electron chi connectivity index (χ3n) is 6.04. The highest BCUT2D eigenvalue weighted by molar-refractivity contribution is 7.98. The van der Waals surface area contributed by atoms with E-state index < -0.39 is 11.6 Å². The van der Waals surface area contributed by atoms with E-state index in [0.29, 0.717) is 33.5 Å². The maximum absolute atomic E-state index is 15.0. The van der Waals surface area contributed by atoms with Crippen LogP contribution in [-0.2, 0) is 13.7 Å². The lowest BCUT2D eigenvalue weighted by Gasteiger charge is -2.22. The number of aliphatic hydroxyl groups is 1. The molecule has 0 spiro atoms. The first kappa shape index (κ1) is 24.2. The maximum Gasteiger partial charge on any atom is 0.232 e. The first-order chi connectivity index (χ1) is 17.3. The van der Waals surface area contributed by atoms with Gasteiger partial charge < -0.3 is 15.3 Å². The standard InChI is InChI=1S/C24H26F2N8OS/c1-12-7-19(31-30-12)27-23-20(13-5-6-13)21(15-10-33(2)32-18(15)11-35)28-24(29-23)34(3)22-16(25)8-14(36-4)9-17(22)26/h7-10,13,35H,5-6,11H2,1-4H3,(H2,27,28,29,30,31). The Balaban J connectivity index is 1.71. The second-order valence-corrected chi connectivity index (χ2v) is 9.67. The summed E-state index contributed by atoms with van der Waals surface area (Å²) in [5.41, 5.74) is 3.11. The molecule has 0 radical (unpaired) electrons. The van der Waals surface area contributed by atoms with Crippen LogP contribution in [0.25, 0.3) is 11.3 Å². The van der Waals surface area contributed by atoms with Gasteiger partial charge in [-0.2, -0.15) is 15.2 Å². The van der Waals surface area contributed by atoms with Crippen LogP contribution in [0, 0.1) is 18.6 Å². The minimum absolute atomic E-state index is 0.0894. The summed E-state index contributed by atoms with van der Waals surface area (Å²) in [5, 5.41) is 24.7. The summed E-state index contributed by atoms with van der Waals surface area (Å²) >= 11 is 1.25. The molecule has 3 heterocycles. The fourth-order valence-corrected chi connectivity index (χ4v) is 4.64. The van der Waals surface area contributed by atoms with E-state index in [4.69, 9.17) is 9.97 Å². The average molecular weight is 513 g/mol. The fourth-order valence-electron chi connectivity index (χ4n) is 4.20. The zero-order valence-corrected chi connectivity index (χ0v) is 21.1. The summed E-state index contributed by atoms with van der Waals surface area (Å²) in [6.45, 7) is 1.60. The van der Waals surface area contributed by atoms with Gasteiger partial charge in [0.2, 0.25) is 5.95 Å². The first-order valence-electron chi connectivity index (χ1n) is 11.4. The number of nitrogens with zero attached hydrogens (tertiary/aromatic N) is 6. The van der Waals surface area contributed by atoms with Gasteiger partial charge in [-0.25, -0.2) is 13.8 Å². The lowest BCUT2D eigenvalue weighted by molar-refractivity contribution is 0.276. The number of aromatic nitrogens is 6. The van der Waals surface area contributed by atoms with Crippen molar-refractivity contribution in [1.29, 1.82) is 0 Å². The van der Waals surface area contributed by atoms with Crippen molar-refractivity contribution in [1.82, 2.24) is 29.9 Å². The van der Waals surface area contributed by atoms with E-state index in [1.165, 1.54) is 35.8 Å². The number of aryl methyl sites for hydroxylation is 2. The number of benzene rings is 1. The molecular formula is C24H26F2N8OS. The third-order valence-corrected chi connectivity index (χ3v) is 6.75. The Kier molecular flexibility index (Phi) is 6.39. The molecule has 5 rings (SSSR count). The molecule has 1 fully saturated rings. The lowest BCUT2D eigenvalue weighted by Crippen LogP contribution is -2.18. The van der Waals surface area contributed by atoms with Crippen molar-refractivity contribution in [3.8, 4) is 11.3 Å². The van der Waals surface area contributed by atoms with Crippen molar-refractivity contribution in [2.24, 2.45) is 7.05 Å². The van der Waals surface area contributed by atoms with Gasteiger partial charge in [-0.1, -0.05) is 0 Å². The van der Waals surface area contributed by atoms with Crippen LogP contribution < -0.4 is 10.2 Å². The quantitative estimate of drug-likeness (QED) is 0.289. The predicted octanol–water partition coefficient (Wildman–Crippen LogP) is 4.79. The number of thioether (sulfide) groups is 1. The van der Waals surface area contributed by atoms with Crippen molar-refractivity contribution >= 4 is 35.0 Å². The molecule has 36 heavy (non-hydrogen) atoms. The van der Waals surface area contributed by atoms with Gasteiger partial charge in [-0.3, -0.25) is 9.78 Å². The number of halogens is 2. The first-order valence-corrected chi connectivity index (χ1v) is 12.6. The van der Waals surface area contributed by atoms with Crippen molar-refractivity contribution < 1.29 is 13.9 Å². The summed E-state index contributed by atoms with van der Waals surface area (Å²) in [6, 6.07) is 4.41.